The Kier molecular flexibility index (Phi) is 7.19. The van der Waals surface area contributed by atoms with Crippen molar-refractivity contribution in [2.45, 2.75) is 25.7 Å². The van der Waals surface area contributed by atoms with Gasteiger partial charge in [-0.2, -0.15) is 0 Å². The third kappa shape index (κ3) is 5.95. The van der Waals surface area contributed by atoms with Gasteiger partial charge in [0.25, 0.3) is 0 Å². The van der Waals surface area contributed by atoms with E-state index in [1.807, 2.05) is 36.4 Å². The van der Waals surface area contributed by atoms with Crippen molar-refractivity contribution >= 4 is 11.4 Å². The summed E-state index contributed by atoms with van der Waals surface area (Å²) in [6.07, 6.45) is 4.23. The van der Waals surface area contributed by atoms with Crippen molar-refractivity contribution < 1.29 is 9.47 Å². The Morgan fingerprint density at radius 1 is 0.607 bits per heavy atom. The van der Waals surface area contributed by atoms with Crippen LogP contribution in [0.5, 0.6) is 11.5 Å². The van der Waals surface area contributed by atoms with E-state index in [2.05, 4.69) is 24.3 Å². The van der Waals surface area contributed by atoms with E-state index < -0.39 is 0 Å². The molecule has 3 aromatic carbocycles. The van der Waals surface area contributed by atoms with Crippen molar-refractivity contribution in [1.82, 2.24) is 0 Å². The fourth-order valence-electron chi connectivity index (χ4n) is 3.02. The molecule has 0 aliphatic heterocycles. The molecule has 0 saturated carbocycles. The fourth-order valence-corrected chi connectivity index (χ4v) is 3.02. The van der Waals surface area contributed by atoms with Crippen LogP contribution in [0.25, 0.3) is 11.1 Å². The molecule has 0 atom stereocenters. The normalized spacial score (nSPS) is 10.6. The minimum Gasteiger partial charge on any atom is -0.494 e. The van der Waals surface area contributed by atoms with Gasteiger partial charge in [-0.25, -0.2) is 0 Å². The number of hydrogen-bond donors (Lipinski definition) is 2. The second-order valence-electron chi connectivity index (χ2n) is 6.80. The molecule has 0 bridgehead atoms. The molecule has 4 heteroatoms. The predicted molar refractivity (Wildman–Crippen MR) is 117 cm³/mol. The molecule has 0 aliphatic carbocycles. The van der Waals surface area contributed by atoms with Gasteiger partial charge in [0, 0.05) is 5.69 Å². The van der Waals surface area contributed by atoms with Crippen LogP contribution in [0.4, 0.5) is 11.4 Å². The second-order valence-corrected chi connectivity index (χ2v) is 6.80. The first-order chi connectivity index (χ1) is 13.7. The van der Waals surface area contributed by atoms with Gasteiger partial charge in [-0.3, -0.25) is 0 Å². The van der Waals surface area contributed by atoms with Crippen LogP contribution in [0.15, 0.2) is 72.8 Å². The lowest BCUT2D eigenvalue weighted by Gasteiger charge is -2.10. The molecule has 0 saturated heterocycles. The molecule has 0 fully saturated rings. The van der Waals surface area contributed by atoms with Crippen molar-refractivity contribution in [2.75, 3.05) is 24.7 Å². The van der Waals surface area contributed by atoms with Gasteiger partial charge in [-0.15, -0.1) is 0 Å². The SMILES string of the molecule is Nc1ccc(OCCCCCCOc2cccc(-c3ccccc3)c2)c(N)c1. The molecule has 3 rings (SSSR count). The largest absolute Gasteiger partial charge is 0.494 e. The summed E-state index contributed by atoms with van der Waals surface area (Å²) in [7, 11) is 0. The Morgan fingerprint density at radius 3 is 2.07 bits per heavy atom. The minimum atomic E-state index is 0.589. The fraction of sp³-hybridized carbons (Fsp3) is 0.250. The summed E-state index contributed by atoms with van der Waals surface area (Å²) in [5, 5.41) is 0. The van der Waals surface area contributed by atoms with Crippen molar-refractivity contribution in [2.24, 2.45) is 0 Å². The molecule has 4 N–H and O–H groups in total. The Morgan fingerprint density at radius 2 is 1.32 bits per heavy atom. The van der Waals surface area contributed by atoms with E-state index in [0.717, 1.165) is 38.0 Å². The minimum absolute atomic E-state index is 0.589. The van der Waals surface area contributed by atoms with E-state index in [1.54, 1.807) is 12.1 Å². The monoisotopic (exact) mass is 376 g/mol. The van der Waals surface area contributed by atoms with Crippen LogP contribution in [0, 0.1) is 0 Å². The third-order valence-electron chi connectivity index (χ3n) is 4.54. The van der Waals surface area contributed by atoms with E-state index in [9.17, 15) is 0 Å². The first-order valence-corrected chi connectivity index (χ1v) is 9.78. The quantitative estimate of drug-likeness (QED) is 0.360. The summed E-state index contributed by atoms with van der Waals surface area (Å²) in [5.41, 5.74) is 15.2. The number of nitrogens with two attached hydrogens (primary N) is 2. The molecule has 0 spiro atoms. The molecule has 28 heavy (non-hydrogen) atoms. The van der Waals surface area contributed by atoms with Crippen LogP contribution in [0.2, 0.25) is 0 Å². The first kappa shape index (κ1) is 19.6. The maximum absolute atomic E-state index is 5.91. The topological polar surface area (TPSA) is 70.5 Å². The van der Waals surface area contributed by atoms with E-state index in [0.29, 0.717) is 23.7 Å². The Bertz CT molecular complexity index is 865. The Labute approximate surface area is 167 Å². The molecular formula is C24H28N2O2. The van der Waals surface area contributed by atoms with Gasteiger partial charge < -0.3 is 20.9 Å². The number of nitrogen functional groups attached to an aromatic ring is 2. The molecule has 3 aromatic rings. The van der Waals surface area contributed by atoms with Gasteiger partial charge in [-0.1, -0.05) is 42.5 Å². The van der Waals surface area contributed by atoms with Gasteiger partial charge in [0.1, 0.15) is 11.5 Å². The van der Waals surface area contributed by atoms with Crippen LogP contribution >= 0.6 is 0 Å². The lowest BCUT2D eigenvalue weighted by atomic mass is 10.1. The highest BCUT2D eigenvalue weighted by Crippen LogP contribution is 2.25. The highest BCUT2D eigenvalue weighted by atomic mass is 16.5. The molecule has 0 radical (unpaired) electrons. The average molecular weight is 377 g/mol. The summed E-state index contributed by atoms with van der Waals surface area (Å²) < 4.78 is 11.6. The lowest BCUT2D eigenvalue weighted by molar-refractivity contribution is 0.288. The second kappa shape index (κ2) is 10.3. The smallest absolute Gasteiger partial charge is 0.142 e. The van der Waals surface area contributed by atoms with Gasteiger partial charge >= 0.3 is 0 Å². The summed E-state index contributed by atoms with van der Waals surface area (Å²) >= 11 is 0. The summed E-state index contributed by atoms with van der Waals surface area (Å²) in [6.45, 7) is 1.39. The molecule has 0 heterocycles. The van der Waals surface area contributed by atoms with Gasteiger partial charge in [0.15, 0.2) is 0 Å². The van der Waals surface area contributed by atoms with Crippen LogP contribution in [0.3, 0.4) is 0 Å². The number of anilines is 2. The van der Waals surface area contributed by atoms with E-state index >= 15 is 0 Å². The highest BCUT2D eigenvalue weighted by molar-refractivity contribution is 5.64. The molecule has 0 amide bonds. The maximum atomic E-state index is 5.91. The summed E-state index contributed by atoms with van der Waals surface area (Å²) in [5.74, 6) is 1.62. The number of benzene rings is 3. The standard InChI is InChI=1S/C24H28N2O2/c25-21-13-14-24(23(26)18-21)28-16-7-2-1-6-15-27-22-12-8-11-20(17-22)19-9-4-3-5-10-19/h3-5,8-14,17-18H,1-2,6-7,15-16,25-26H2. The zero-order valence-corrected chi connectivity index (χ0v) is 16.1. The Hall–Kier alpha value is -3.14. The highest BCUT2D eigenvalue weighted by Gasteiger charge is 2.01. The zero-order chi connectivity index (χ0) is 19.6. The predicted octanol–water partition coefficient (Wildman–Crippen LogP) is 5.54. The number of unbranched alkanes of at least 4 members (excludes halogenated alkanes) is 3. The molecule has 0 aromatic heterocycles. The molecular weight excluding hydrogens is 348 g/mol. The van der Waals surface area contributed by atoms with Crippen molar-refractivity contribution in [3.8, 4) is 22.6 Å². The van der Waals surface area contributed by atoms with Crippen LogP contribution in [-0.4, -0.2) is 13.2 Å². The van der Waals surface area contributed by atoms with Gasteiger partial charge in [-0.05, 0) is 67.1 Å². The lowest BCUT2D eigenvalue weighted by Crippen LogP contribution is -2.02. The van der Waals surface area contributed by atoms with Crippen molar-refractivity contribution in [3.05, 3.63) is 72.8 Å². The number of hydrogen-bond acceptors (Lipinski definition) is 4. The maximum Gasteiger partial charge on any atom is 0.142 e. The number of rotatable bonds is 10. The van der Waals surface area contributed by atoms with Crippen LogP contribution in [-0.2, 0) is 0 Å². The average Bonchev–Trinajstić information content (AvgIpc) is 2.72. The van der Waals surface area contributed by atoms with Gasteiger partial charge in [0.2, 0.25) is 0 Å². The summed E-state index contributed by atoms with van der Waals surface area (Å²) in [4.78, 5) is 0. The molecule has 0 aliphatic rings. The zero-order valence-electron chi connectivity index (χ0n) is 16.1. The van der Waals surface area contributed by atoms with E-state index in [4.69, 9.17) is 20.9 Å². The van der Waals surface area contributed by atoms with Crippen LogP contribution < -0.4 is 20.9 Å². The molecule has 146 valence electrons. The van der Waals surface area contributed by atoms with Gasteiger partial charge in [0.05, 0.1) is 18.9 Å². The molecule has 0 unspecified atom stereocenters. The molecule has 4 nitrogen and oxygen atoms in total. The van der Waals surface area contributed by atoms with Crippen LogP contribution in [0.1, 0.15) is 25.7 Å². The third-order valence-corrected chi connectivity index (χ3v) is 4.54. The summed E-state index contributed by atoms with van der Waals surface area (Å²) in [6, 6.07) is 23.9. The first-order valence-electron chi connectivity index (χ1n) is 9.78. The van der Waals surface area contributed by atoms with Crippen molar-refractivity contribution in [3.63, 3.8) is 0 Å². The van der Waals surface area contributed by atoms with E-state index in [-0.39, 0.29) is 0 Å². The van der Waals surface area contributed by atoms with E-state index in [1.165, 1.54) is 11.1 Å². The Balaban J connectivity index is 1.31. The van der Waals surface area contributed by atoms with Crippen molar-refractivity contribution in [1.29, 1.82) is 0 Å². The number of ether oxygens (including phenoxy) is 2.